The van der Waals surface area contributed by atoms with Gasteiger partial charge in [-0.3, -0.25) is 0 Å². The van der Waals surface area contributed by atoms with Crippen molar-refractivity contribution < 1.29 is 0 Å². The fourth-order valence-electron chi connectivity index (χ4n) is 2.49. The predicted molar refractivity (Wildman–Crippen MR) is 70.2 cm³/mol. The molecule has 18 heavy (non-hydrogen) atoms. The van der Waals surface area contributed by atoms with Crippen molar-refractivity contribution >= 4 is 0 Å². The van der Waals surface area contributed by atoms with E-state index in [0.717, 1.165) is 37.3 Å². The topological polar surface area (TPSA) is 56.7 Å². The van der Waals surface area contributed by atoms with E-state index >= 15 is 0 Å². The molecule has 0 radical (unpaired) electrons. The molecule has 0 bridgehead atoms. The molecule has 2 N–H and O–H groups in total. The first kappa shape index (κ1) is 11.4. The Morgan fingerprint density at radius 1 is 1.39 bits per heavy atom. The van der Waals surface area contributed by atoms with Crippen LogP contribution in [0.5, 0.6) is 0 Å². The Morgan fingerprint density at radius 2 is 2.22 bits per heavy atom. The Morgan fingerprint density at radius 3 is 3.00 bits per heavy atom. The third-order valence-corrected chi connectivity index (χ3v) is 3.57. The smallest absolute Gasteiger partial charge is 0.155 e. The molecule has 0 aliphatic carbocycles. The first-order valence-electron chi connectivity index (χ1n) is 6.48. The van der Waals surface area contributed by atoms with Gasteiger partial charge in [0.15, 0.2) is 5.82 Å². The van der Waals surface area contributed by atoms with E-state index in [0.29, 0.717) is 0 Å². The van der Waals surface area contributed by atoms with Gasteiger partial charge in [0.1, 0.15) is 12.0 Å². The molecule has 1 aliphatic rings. The van der Waals surface area contributed by atoms with Gasteiger partial charge in [-0.25, -0.2) is 9.67 Å². The van der Waals surface area contributed by atoms with Gasteiger partial charge in [-0.15, -0.1) is 0 Å². The highest BCUT2D eigenvalue weighted by molar-refractivity contribution is 5.28. The molecule has 0 fully saturated rings. The van der Waals surface area contributed by atoms with Crippen LogP contribution >= 0.6 is 0 Å². The number of rotatable bonds is 2. The molecule has 0 spiro atoms. The van der Waals surface area contributed by atoms with E-state index in [1.54, 1.807) is 0 Å². The lowest BCUT2D eigenvalue weighted by molar-refractivity contribution is 0.371. The highest BCUT2D eigenvalue weighted by atomic mass is 15.4. The molecule has 2 aromatic rings. The van der Waals surface area contributed by atoms with Gasteiger partial charge in [0.25, 0.3) is 0 Å². The number of hydrogen-bond donors (Lipinski definition) is 1. The van der Waals surface area contributed by atoms with Crippen LogP contribution in [0.1, 0.15) is 41.8 Å². The Balaban J connectivity index is 1.88. The van der Waals surface area contributed by atoms with E-state index in [-0.39, 0.29) is 6.17 Å². The van der Waals surface area contributed by atoms with Crippen LogP contribution < -0.4 is 5.73 Å². The monoisotopic (exact) mass is 242 g/mol. The molecular formula is C14H18N4. The predicted octanol–water partition coefficient (Wildman–Crippen LogP) is 1.97. The van der Waals surface area contributed by atoms with Gasteiger partial charge < -0.3 is 5.73 Å². The second-order valence-electron chi connectivity index (χ2n) is 4.95. The molecule has 0 saturated carbocycles. The fourth-order valence-corrected chi connectivity index (χ4v) is 2.49. The molecule has 0 amide bonds. The molecule has 4 heteroatoms. The summed E-state index contributed by atoms with van der Waals surface area (Å²) in [5, 5.41) is 4.55. The van der Waals surface area contributed by atoms with Crippen molar-refractivity contribution in [2.24, 2.45) is 5.73 Å². The molecule has 2 heterocycles. The lowest BCUT2D eigenvalue weighted by atomic mass is 10.1. The first-order chi connectivity index (χ1) is 8.74. The van der Waals surface area contributed by atoms with Crippen LogP contribution in [0.4, 0.5) is 0 Å². The summed E-state index contributed by atoms with van der Waals surface area (Å²) in [5.41, 5.74) is 8.62. The van der Waals surface area contributed by atoms with Gasteiger partial charge in [0, 0.05) is 12.8 Å². The highest BCUT2D eigenvalue weighted by Crippen LogP contribution is 2.20. The maximum atomic E-state index is 6.04. The van der Waals surface area contributed by atoms with Gasteiger partial charge in [-0.2, -0.15) is 5.10 Å². The molecule has 1 aromatic heterocycles. The summed E-state index contributed by atoms with van der Waals surface area (Å²) in [4.78, 5) is 4.61. The number of aryl methyl sites for hydroxylation is 2. The van der Waals surface area contributed by atoms with Crippen molar-refractivity contribution in [3.05, 3.63) is 47.0 Å². The van der Waals surface area contributed by atoms with E-state index < -0.39 is 0 Å². The van der Waals surface area contributed by atoms with Crippen LogP contribution in [0.25, 0.3) is 0 Å². The fraction of sp³-hybridized carbons (Fsp3) is 0.429. The summed E-state index contributed by atoms with van der Waals surface area (Å²) in [6.45, 7) is 2.12. The normalized spacial score (nSPS) is 18.7. The van der Waals surface area contributed by atoms with Crippen LogP contribution in [-0.2, 0) is 12.8 Å². The minimum absolute atomic E-state index is 0.00636. The Hall–Kier alpha value is -1.68. The second kappa shape index (κ2) is 4.53. The van der Waals surface area contributed by atoms with E-state index in [1.165, 1.54) is 11.1 Å². The van der Waals surface area contributed by atoms with Gasteiger partial charge in [-0.1, -0.05) is 24.3 Å². The largest absolute Gasteiger partial charge is 0.310 e. The van der Waals surface area contributed by atoms with Crippen LogP contribution in [0, 0.1) is 6.92 Å². The number of benzene rings is 1. The maximum absolute atomic E-state index is 6.04. The van der Waals surface area contributed by atoms with Crippen LogP contribution in [0.3, 0.4) is 0 Å². The zero-order valence-electron chi connectivity index (χ0n) is 10.6. The summed E-state index contributed by atoms with van der Waals surface area (Å²) >= 11 is 0. The molecule has 3 rings (SSSR count). The number of fused-ring (bicyclic) bond motifs is 1. The van der Waals surface area contributed by atoms with Crippen molar-refractivity contribution in [1.82, 2.24) is 14.8 Å². The maximum Gasteiger partial charge on any atom is 0.155 e. The number of nitrogens with two attached hydrogens (primary N) is 1. The zero-order valence-corrected chi connectivity index (χ0v) is 10.6. The molecule has 1 aliphatic heterocycles. The van der Waals surface area contributed by atoms with Gasteiger partial charge in [0.2, 0.25) is 0 Å². The molecule has 1 aromatic carbocycles. The minimum atomic E-state index is 0.00636. The van der Waals surface area contributed by atoms with Crippen molar-refractivity contribution in [3.63, 3.8) is 0 Å². The van der Waals surface area contributed by atoms with Crippen LogP contribution in [0.15, 0.2) is 24.3 Å². The van der Waals surface area contributed by atoms with Crippen LogP contribution in [0.2, 0.25) is 0 Å². The number of hydrogen-bond acceptors (Lipinski definition) is 3. The summed E-state index contributed by atoms with van der Waals surface area (Å²) in [5.74, 6) is 1.92. The SMILES string of the molecule is Cc1ccccc1Cc1nc2n(n1)C(N)CCC2. The lowest BCUT2D eigenvalue weighted by Crippen LogP contribution is -2.25. The Kier molecular flexibility index (Phi) is 2.88. The average molecular weight is 242 g/mol. The van der Waals surface area contributed by atoms with E-state index in [2.05, 4.69) is 41.3 Å². The quantitative estimate of drug-likeness (QED) is 0.876. The molecule has 4 nitrogen and oxygen atoms in total. The van der Waals surface area contributed by atoms with Crippen molar-refractivity contribution in [2.75, 3.05) is 0 Å². The zero-order chi connectivity index (χ0) is 12.5. The molecule has 94 valence electrons. The number of aromatic nitrogens is 3. The summed E-state index contributed by atoms with van der Waals surface area (Å²) in [7, 11) is 0. The van der Waals surface area contributed by atoms with E-state index in [1.807, 2.05) is 4.68 Å². The Labute approximate surface area is 107 Å². The third kappa shape index (κ3) is 2.04. The van der Waals surface area contributed by atoms with Crippen molar-refractivity contribution in [2.45, 2.75) is 38.8 Å². The molecule has 1 unspecified atom stereocenters. The third-order valence-electron chi connectivity index (χ3n) is 3.57. The highest BCUT2D eigenvalue weighted by Gasteiger charge is 2.20. The lowest BCUT2D eigenvalue weighted by Gasteiger charge is -2.18. The van der Waals surface area contributed by atoms with Crippen molar-refractivity contribution in [1.29, 1.82) is 0 Å². The second-order valence-corrected chi connectivity index (χ2v) is 4.95. The number of nitrogens with zero attached hydrogens (tertiary/aromatic N) is 3. The van der Waals surface area contributed by atoms with Crippen molar-refractivity contribution in [3.8, 4) is 0 Å². The molecular weight excluding hydrogens is 224 g/mol. The summed E-state index contributed by atoms with van der Waals surface area (Å²) in [6.07, 6.45) is 3.91. The standard InChI is InChI=1S/C14H18N4/c1-10-5-2-3-6-11(10)9-13-16-14-8-4-7-12(15)18(14)17-13/h2-3,5-6,12H,4,7-9,15H2,1H3. The van der Waals surface area contributed by atoms with Gasteiger partial charge in [0.05, 0.1) is 0 Å². The Bertz CT molecular complexity index is 559. The summed E-state index contributed by atoms with van der Waals surface area (Å²) < 4.78 is 1.90. The van der Waals surface area contributed by atoms with Gasteiger partial charge >= 0.3 is 0 Å². The summed E-state index contributed by atoms with van der Waals surface area (Å²) in [6, 6.07) is 8.37. The molecule has 1 atom stereocenters. The van der Waals surface area contributed by atoms with E-state index in [4.69, 9.17) is 5.73 Å². The van der Waals surface area contributed by atoms with E-state index in [9.17, 15) is 0 Å². The van der Waals surface area contributed by atoms with Gasteiger partial charge in [-0.05, 0) is 30.9 Å². The average Bonchev–Trinajstić information content (AvgIpc) is 2.76. The minimum Gasteiger partial charge on any atom is -0.310 e. The first-order valence-corrected chi connectivity index (χ1v) is 6.48. The van der Waals surface area contributed by atoms with Crippen LogP contribution in [-0.4, -0.2) is 14.8 Å². The molecule has 0 saturated heterocycles.